The molecular formula is C12H20O3. The molecule has 2 saturated carbocycles. The predicted molar refractivity (Wildman–Crippen MR) is 55.3 cm³/mol. The Morgan fingerprint density at radius 2 is 1.87 bits per heavy atom. The van der Waals surface area contributed by atoms with Crippen molar-refractivity contribution in [3.8, 4) is 0 Å². The molecule has 15 heavy (non-hydrogen) atoms. The van der Waals surface area contributed by atoms with Gasteiger partial charge in [0, 0.05) is 12.8 Å². The lowest BCUT2D eigenvalue weighted by molar-refractivity contribution is -0.208. The first-order valence-electron chi connectivity index (χ1n) is 6.11. The van der Waals surface area contributed by atoms with Gasteiger partial charge in [-0.3, -0.25) is 0 Å². The normalized spacial score (nSPS) is 48.4. The summed E-state index contributed by atoms with van der Waals surface area (Å²) in [5.41, 5.74) is 0.126. The highest BCUT2D eigenvalue weighted by Crippen LogP contribution is 2.56. The van der Waals surface area contributed by atoms with Crippen LogP contribution < -0.4 is 0 Å². The zero-order chi connectivity index (χ0) is 10.5. The minimum atomic E-state index is -0.283. The molecule has 3 heteroatoms. The van der Waals surface area contributed by atoms with Crippen molar-refractivity contribution in [1.29, 1.82) is 0 Å². The number of fused-ring (bicyclic) bond motifs is 1. The molecule has 2 aliphatic carbocycles. The summed E-state index contributed by atoms with van der Waals surface area (Å²) in [5.74, 6) is 0.299. The monoisotopic (exact) mass is 212 g/mol. The molecule has 0 radical (unpaired) electrons. The molecule has 1 aliphatic heterocycles. The van der Waals surface area contributed by atoms with Crippen LogP contribution in [-0.2, 0) is 9.47 Å². The average molecular weight is 212 g/mol. The third kappa shape index (κ3) is 1.37. The molecule has 0 aromatic heterocycles. The number of hydrogen-bond donors (Lipinski definition) is 1. The van der Waals surface area contributed by atoms with Crippen LogP contribution >= 0.6 is 0 Å². The van der Waals surface area contributed by atoms with Gasteiger partial charge >= 0.3 is 0 Å². The summed E-state index contributed by atoms with van der Waals surface area (Å²) in [4.78, 5) is 0. The molecule has 0 unspecified atom stereocenters. The van der Waals surface area contributed by atoms with Crippen LogP contribution in [0, 0.1) is 11.3 Å². The van der Waals surface area contributed by atoms with Crippen LogP contribution in [-0.4, -0.2) is 30.2 Å². The van der Waals surface area contributed by atoms with Crippen molar-refractivity contribution in [2.24, 2.45) is 11.3 Å². The van der Waals surface area contributed by atoms with Crippen molar-refractivity contribution in [3.05, 3.63) is 0 Å². The highest BCUT2D eigenvalue weighted by Gasteiger charge is 2.55. The van der Waals surface area contributed by atoms with Crippen LogP contribution in [0.4, 0.5) is 0 Å². The first kappa shape index (κ1) is 10.1. The SMILES string of the molecule is C[C@]12CCC3(C[C@@H]1CC[C@@H]2O)OCCO3. The second kappa shape index (κ2) is 3.19. The van der Waals surface area contributed by atoms with Crippen LogP contribution in [0.15, 0.2) is 0 Å². The molecule has 86 valence electrons. The summed E-state index contributed by atoms with van der Waals surface area (Å²) >= 11 is 0. The standard InChI is InChI=1S/C12H20O3/c1-11-4-5-12(14-6-7-15-12)8-9(11)2-3-10(11)13/h9-10,13H,2-8H2,1H3/t9-,10-,11-/m0/s1. The maximum absolute atomic E-state index is 10.0. The van der Waals surface area contributed by atoms with E-state index in [1.165, 1.54) is 0 Å². The molecule has 0 bridgehead atoms. The van der Waals surface area contributed by atoms with Gasteiger partial charge in [0.25, 0.3) is 0 Å². The Morgan fingerprint density at radius 3 is 2.60 bits per heavy atom. The van der Waals surface area contributed by atoms with E-state index >= 15 is 0 Å². The Hall–Kier alpha value is -0.120. The molecule has 3 nitrogen and oxygen atoms in total. The van der Waals surface area contributed by atoms with Crippen LogP contribution in [0.1, 0.15) is 39.0 Å². The summed E-state index contributed by atoms with van der Waals surface area (Å²) in [5, 5.41) is 10.0. The number of ether oxygens (including phenoxy) is 2. The van der Waals surface area contributed by atoms with Gasteiger partial charge < -0.3 is 14.6 Å². The zero-order valence-corrected chi connectivity index (χ0v) is 9.37. The highest BCUT2D eigenvalue weighted by molar-refractivity contribution is 5.02. The first-order chi connectivity index (χ1) is 7.15. The Morgan fingerprint density at radius 1 is 1.13 bits per heavy atom. The fraction of sp³-hybridized carbons (Fsp3) is 1.00. The molecule has 1 N–H and O–H groups in total. The molecule has 3 fully saturated rings. The molecule has 0 aromatic rings. The molecule has 3 atom stereocenters. The molecular weight excluding hydrogens is 192 g/mol. The molecule has 0 aromatic carbocycles. The maximum Gasteiger partial charge on any atom is 0.168 e. The van der Waals surface area contributed by atoms with Crippen LogP contribution in [0.2, 0.25) is 0 Å². The van der Waals surface area contributed by atoms with Gasteiger partial charge in [-0.25, -0.2) is 0 Å². The summed E-state index contributed by atoms with van der Waals surface area (Å²) in [7, 11) is 0. The van der Waals surface area contributed by atoms with E-state index in [9.17, 15) is 5.11 Å². The molecule has 3 aliphatic rings. The molecule has 3 rings (SSSR count). The number of hydrogen-bond acceptors (Lipinski definition) is 3. The highest BCUT2D eigenvalue weighted by atomic mass is 16.7. The lowest BCUT2D eigenvalue weighted by Gasteiger charge is -2.45. The van der Waals surface area contributed by atoms with E-state index in [1.54, 1.807) is 0 Å². The van der Waals surface area contributed by atoms with Gasteiger partial charge in [-0.1, -0.05) is 6.92 Å². The van der Waals surface area contributed by atoms with Crippen LogP contribution in [0.5, 0.6) is 0 Å². The Kier molecular flexibility index (Phi) is 2.14. The van der Waals surface area contributed by atoms with Crippen molar-refractivity contribution < 1.29 is 14.6 Å². The smallest absolute Gasteiger partial charge is 0.168 e. The molecule has 1 saturated heterocycles. The third-order valence-corrected chi connectivity index (χ3v) is 4.90. The van der Waals surface area contributed by atoms with E-state index in [2.05, 4.69) is 6.92 Å². The second-order valence-electron chi connectivity index (χ2n) is 5.61. The van der Waals surface area contributed by atoms with Crippen LogP contribution in [0.3, 0.4) is 0 Å². The third-order valence-electron chi connectivity index (χ3n) is 4.90. The molecule has 1 spiro atoms. The van der Waals surface area contributed by atoms with Crippen molar-refractivity contribution >= 4 is 0 Å². The predicted octanol–water partition coefficient (Wildman–Crippen LogP) is 1.69. The largest absolute Gasteiger partial charge is 0.393 e. The van der Waals surface area contributed by atoms with Gasteiger partial charge in [-0.2, -0.15) is 0 Å². The Bertz CT molecular complexity index is 260. The lowest BCUT2D eigenvalue weighted by Crippen LogP contribution is -2.46. The van der Waals surface area contributed by atoms with E-state index in [0.717, 1.165) is 45.3 Å². The van der Waals surface area contributed by atoms with E-state index in [0.29, 0.717) is 5.92 Å². The van der Waals surface area contributed by atoms with Crippen molar-refractivity contribution in [3.63, 3.8) is 0 Å². The first-order valence-corrected chi connectivity index (χ1v) is 6.11. The van der Waals surface area contributed by atoms with E-state index < -0.39 is 0 Å². The van der Waals surface area contributed by atoms with Crippen molar-refractivity contribution in [2.45, 2.75) is 50.9 Å². The number of aliphatic hydroxyl groups excluding tert-OH is 1. The van der Waals surface area contributed by atoms with E-state index in [4.69, 9.17) is 9.47 Å². The lowest BCUT2D eigenvalue weighted by atomic mass is 9.66. The second-order valence-corrected chi connectivity index (χ2v) is 5.61. The van der Waals surface area contributed by atoms with Crippen LogP contribution in [0.25, 0.3) is 0 Å². The maximum atomic E-state index is 10.0. The minimum absolute atomic E-state index is 0.110. The topological polar surface area (TPSA) is 38.7 Å². The molecule has 0 amide bonds. The average Bonchev–Trinajstić information content (AvgIpc) is 2.78. The number of rotatable bonds is 0. The van der Waals surface area contributed by atoms with Gasteiger partial charge in [0.05, 0.1) is 19.3 Å². The van der Waals surface area contributed by atoms with Gasteiger partial charge in [0.1, 0.15) is 0 Å². The van der Waals surface area contributed by atoms with E-state index in [-0.39, 0.29) is 17.3 Å². The summed E-state index contributed by atoms with van der Waals surface area (Å²) in [6, 6.07) is 0. The van der Waals surface area contributed by atoms with Crippen molar-refractivity contribution in [1.82, 2.24) is 0 Å². The Balaban J connectivity index is 1.80. The van der Waals surface area contributed by atoms with Gasteiger partial charge in [-0.15, -0.1) is 0 Å². The quantitative estimate of drug-likeness (QED) is 0.664. The van der Waals surface area contributed by atoms with Gasteiger partial charge in [0.2, 0.25) is 0 Å². The Labute approximate surface area is 90.8 Å². The van der Waals surface area contributed by atoms with Crippen molar-refractivity contribution in [2.75, 3.05) is 13.2 Å². The van der Waals surface area contributed by atoms with Gasteiger partial charge in [0.15, 0.2) is 5.79 Å². The summed E-state index contributed by atoms with van der Waals surface area (Å²) < 4.78 is 11.5. The summed E-state index contributed by atoms with van der Waals surface area (Å²) in [6.07, 6.45) is 4.96. The van der Waals surface area contributed by atoms with Gasteiger partial charge in [-0.05, 0) is 30.6 Å². The van der Waals surface area contributed by atoms with E-state index in [1.807, 2.05) is 0 Å². The fourth-order valence-corrected chi connectivity index (χ4v) is 3.69. The summed E-state index contributed by atoms with van der Waals surface area (Å²) in [6.45, 7) is 3.72. The minimum Gasteiger partial charge on any atom is -0.393 e. The molecule has 1 heterocycles. The number of aliphatic hydroxyl groups is 1. The zero-order valence-electron chi connectivity index (χ0n) is 9.37. The fourth-order valence-electron chi connectivity index (χ4n) is 3.69.